The largest absolute Gasteiger partial charge is 0.342 e. The highest BCUT2D eigenvalue weighted by atomic mass is 32.2. The Morgan fingerprint density at radius 3 is 2.46 bits per heavy atom. The van der Waals surface area contributed by atoms with Gasteiger partial charge in [-0.15, -0.1) is 6.58 Å². The van der Waals surface area contributed by atoms with Crippen molar-refractivity contribution in [3.05, 3.63) is 12.7 Å². The van der Waals surface area contributed by atoms with Gasteiger partial charge in [0.05, 0.1) is 5.25 Å². The second kappa shape index (κ2) is 6.08. The third-order valence-electron chi connectivity index (χ3n) is 2.06. The Morgan fingerprint density at radius 1 is 1.62 bits per heavy atom. The molecule has 0 aliphatic carbocycles. The van der Waals surface area contributed by atoms with Crippen LogP contribution < -0.4 is 0 Å². The third-order valence-corrected chi connectivity index (χ3v) is 3.03. The van der Waals surface area contributed by atoms with E-state index in [9.17, 15) is 4.79 Å². The Morgan fingerprint density at radius 2 is 2.15 bits per heavy atom. The van der Waals surface area contributed by atoms with Crippen molar-refractivity contribution in [1.29, 1.82) is 0 Å². The molecule has 0 spiro atoms. The van der Waals surface area contributed by atoms with Gasteiger partial charge in [0.1, 0.15) is 0 Å². The lowest BCUT2D eigenvalue weighted by molar-refractivity contribution is -0.130. The molecule has 0 rings (SSSR count). The van der Waals surface area contributed by atoms with Crippen molar-refractivity contribution in [2.45, 2.75) is 31.6 Å². The van der Waals surface area contributed by atoms with Crippen LogP contribution in [0.3, 0.4) is 0 Å². The molecule has 1 unspecified atom stereocenters. The van der Waals surface area contributed by atoms with Crippen LogP contribution in [0.1, 0.15) is 20.3 Å². The van der Waals surface area contributed by atoms with E-state index in [1.165, 1.54) is 0 Å². The van der Waals surface area contributed by atoms with Gasteiger partial charge in [-0.05, 0) is 26.5 Å². The van der Waals surface area contributed by atoms with E-state index in [1.54, 1.807) is 22.7 Å². The Kier molecular flexibility index (Phi) is 5.88. The molecule has 76 valence electrons. The van der Waals surface area contributed by atoms with Crippen molar-refractivity contribution < 1.29 is 4.79 Å². The standard InChI is InChI=1S/C10H19NOS/c1-6-7-9(13-5)10(12)11(4)8(2)3/h6,8-9H,1,7H2,2-5H3. The zero-order valence-electron chi connectivity index (χ0n) is 8.91. The van der Waals surface area contributed by atoms with E-state index in [4.69, 9.17) is 0 Å². The molecule has 13 heavy (non-hydrogen) atoms. The fraction of sp³-hybridized carbons (Fsp3) is 0.700. The normalized spacial score (nSPS) is 12.7. The smallest absolute Gasteiger partial charge is 0.235 e. The van der Waals surface area contributed by atoms with Gasteiger partial charge in [0.15, 0.2) is 0 Å². The molecule has 1 amide bonds. The van der Waals surface area contributed by atoms with Gasteiger partial charge in [0.25, 0.3) is 0 Å². The molecule has 0 fully saturated rings. The summed E-state index contributed by atoms with van der Waals surface area (Å²) in [4.78, 5) is 13.5. The first-order valence-electron chi connectivity index (χ1n) is 4.45. The Hall–Kier alpha value is -0.440. The molecule has 0 aliphatic heterocycles. The molecule has 0 heterocycles. The van der Waals surface area contributed by atoms with E-state index in [1.807, 2.05) is 27.2 Å². The SMILES string of the molecule is C=CCC(SC)C(=O)N(C)C(C)C. The summed E-state index contributed by atoms with van der Waals surface area (Å²) in [6, 6.07) is 0.270. The lowest BCUT2D eigenvalue weighted by Crippen LogP contribution is -2.38. The van der Waals surface area contributed by atoms with E-state index in [2.05, 4.69) is 6.58 Å². The maximum atomic E-state index is 11.8. The van der Waals surface area contributed by atoms with Crippen LogP contribution in [-0.2, 0) is 4.79 Å². The number of hydrogen-bond donors (Lipinski definition) is 0. The van der Waals surface area contributed by atoms with Crippen molar-refractivity contribution in [3.8, 4) is 0 Å². The predicted octanol–water partition coefficient (Wildman–Crippen LogP) is 2.16. The van der Waals surface area contributed by atoms with Crippen molar-refractivity contribution in [2.24, 2.45) is 0 Å². The first kappa shape index (κ1) is 12.6. The Balaban J connectivity index is 4.27. The van der Waals surface area contributed by atoms with Crippen LogP contribution in [0.5, 0.6) is 0 Å². The van der Waals surface area contributed by atoms with Crippen LogP contribution in [0.15, 0.2) is 12.7 Å². The highest BCUT2D eigenvalue weighted by molar-refractivity contribution is 7.99. The molecule has 3 heteroatoms. The van der Waals surface area contributed by atoms with E-state index >= 15 is 0 Å². The number of rotatable bonds is 5. The lowest BCUT2D eigenvalue weighted by atomic mass is 10.2. The Labute approximate surface area is 85.4 Å². The summed E-state index contributed by atoms with van der Waals surface area (Å²) in [5.74, 6) is 0.197. The highest BCUT2D eigenvalue weighted by Gasteiger charge is 2.20. The second-order valence-corrected chi connectivity index (χ2v) is 4.33. The summed E-state index contributed by atoms with van der Waals surface area (Å²) in [5, 5.41) is 0.0323. The summed E-state index contributed by atoms with van der Waals surface area (Å²) >= 11 is 1.59. The van der Waals surface area contributed by atoms with Gasteiger partial charge >= 0.3 is 0 Å². The van der Waals surface area contributed by atoms with E-state index < -0.39 is 0 Å². The average Bonchev–Trinajstić information content (AvgIpc) is 2.11. The molecule has 0 aromatic carbocycles. The van der Waals surface area contributed by atoms with Crippen LogP contribution in [0, 0.1) is 0 Å². The number of amides is 1. The fourth-order valence-corrected chi connectivity index (χ4v) is 1.63. The molecule has 0 N–H and O–H groups in total. The van der Waals surface area contributed by atoms with E-state index in [0.29, 0.717) is 0 Å². The van der Waals surface area contributed by atoms with Gasteiger partial charge in [-0.3, -0.25) is 4.79 Å². The first-order chi connectivity index (χ1) is 6.04. The Bertz CT molecular complexity index is 180. The molecule has 0 aromatic rings. The lowest BCUT2D eigenvalue weighted by Gasteiger charge is -2.25. The molecular weight excluding hydrogens is 182 g/mol. The first-order valence-corrected chi connectivity index (χ1v) is 5.73. The summed E-state index contributed by atoms with van der Waals surface area (Å²) in [6.45, 7) is 7.69. The topological polar surface area (TPSA) is 20.3 Å². The third kappa shape index (κ3) is 3.85. The maximum Gasteiger partial charge on any atom is 0.235 e. The van der Waals surface area contributed by atoms with Crippen molar-refractivity contribution >= 4 is 17.7 Å². The number of nitrogens with zero attached hydrogens (tertiary/aromatic N) is 1. The van der Waals surface area contributed by atoms with Crippen LogP contribution in [0.25, 0.3) is 0 Å². The zero-order chi connectivity index (χ0) is 10.4. The minimum Gasteiger partial charge on any atom is -0.342 e. The second-order valence-electron chi connectivity index (χ2n) is 3.29. The molecule has 0 saturated carbocycles. The summed E-state index contributed by atoms with van der Waals surface area (Å²) < 4.78 is 0. The molecule has 0 aromatic heterocycles. The predicted molar refractivity (Wildman–Crippen MR) is 60.0 cm³/mol. The zero-order valence-corrected chi connectivity index (χ0v) is 9.73. The van der Waals surface area contributed by atoms with E-state index in [-0.39, 0.29) is 17.2 Å². The summed E-state index contributed by atoms with van der Waals surface area (Å²) in [5.41, 5.74) is 0. The molecule has 2 nitrogen and oxygen atoms in total. The van der Waals surface area contributed by atoms with Crippen molar-refractivity contribution in [1.82, 2.24) is 4.90 Å². The highest BCUT2D eigenvalue weighted by Crippen LogP contribution is 2.15. The molecule has 0 saturated heterocycles. The van der Waals surface area contributed by atoms with Crippen LogP contribution in [0.2, 0.25) is 0 Å². The quantitative estimate of drug-likeness (QED) is 0.635. The molecule has 0 radical (unpaired) electrons. The van der Waals surface area contributed by atoms with Gasteiger partial charge in [-0.1, -0.05) is 6.08 Å². The van der Waals surface area contributed by atoms with Gasteiger partial charge < -0.3 is 4.90 Å². The molecule has 0 bridgehead atoms. The van der Waals surface area contributed by atoms with Crippen LogP contribution >= 0.6 is 11.8 Å². The van der Waals surface area contributed by atoms with Crippen LogP contribution in [-0.4, -0.2) is 35.4 Å². The van der Waals surface area contributed by atoms with Gasteiger partial charge in [-0.2, -0.15) is 11.8 Å². The van der Waals surface area contributed by atoms with Crippen molar-refractivity contribution in [2.75, 3.05) is 13.3 Å². The van der Waals surface area contributed by atoms with Gasteiger partial charge in [0.2, 0.25) is 5.91 Å². The molecule has 0 aliphatic rings. The summed E-state index contributed by atoms with van der Waals surface area (Å²) in [6.07, 6.45) is 4.50. The number of thioether (sulfide) groups is 1. The fourth-order valence-electron chi connectivity index (χ4n) is 0.931. The monoisotopic (exact) mass is 201 g/mol. The average molecular weight is 201 g/mol. The minimum absolute atomic E-state index is 0.0323. The maximum absolute atomic E-state index is 11.8. The number of allylic oxidation sites excluding steroid dienone is 1. The minimum atomic E-state index is 0.0323. The van der Waals surface area contributed by atoms with Gasteiger partial charge in [-0.25, -0.2) is 0 Å². The number of hydrogen-bond acceptors (Lipinski definition) is 2. The molecule has 1 atom stereocenters. The number of carbonyl (C=O) groups excluding carboxylic acids is 1. The molecular formula is C10H19NOS. The van der Waals surface area contributed by atoms with E-state index in [0.717, 1.165) is 6.42 Å². The summed E-state index contributed by atoms with van der Waals surface area (Å²) in [7, 11) is 1.85. The van der Waals surface area contributed by atoms with Crippen LogP contribution in [0.4, 0.5) is 0 Å². The van der Waals surface area contributed by atoms with Gasteiger partial charge in [0, 0.05) is 13.1 Å². The van der Waals surface area contributed by atoms with Crippen molar-refractivity contribution in [3.63, 3.8) is 0 Å². The number of carbonyl (C=O) groups is 1.